The van der Waals surface area contributed by atoms with Crippen LogP contribution in [0.2, 0.25) is 0 Å². The van der Waals surface area contributed by atoms with Crippen LogP contribution in [0.4, 0.5) is 0 Å². The highest BCUT2D eigenvalue weighted by atomic mass is 16.5. The number of fused-ring (bicyclic) bond motifs is 2. The van der Waals surface area contributed by atoms with Gasteiger partial charge in [0.2, 0.25) is 0 Å². The predicted molar refractivity (Wildman–Crippen MR) is 81.3 cm³/mol. The lowest BCUT2D eigenvalue weighted by atomic mass is 9.98. The van der Waals surface area contributed by atoms with Crippen molar-refractivity contribution in [1.82, 2.24) is 4.90 Å². The number of carbonyl (C=O) groups excluding carboxylic acids is 1. The first-order chi connectivity index (χ1) is 10.6. The number of carbonyl (C=O) groups is 1. The summed E-state index contributed by atoms with van der Waals surface area (Å²) in [6, 6.07) is 9.56. The van der Waals surface area contributed by atoms with Crippen molar-refractivity contribution < 1.29 is 19.7 Å². The van der Waals surface area contributed by atoms with Crippen molar-refractivity contribution in [2.45, 2.75) is 49.5 Å². The molecule has 2 N–H and O–H groups in total. The Kier molecular flexibility index (Phi) is 4.47. The van der Waals surface area contributed by atoms with Gasteiger partial charge in [-0.15, -0.1) is 0 Å². The summed E-state index contributed by atoms with van der Waals surface area (Å²) >= 11 is 0. The van der Waals surface area contributed by atoms with Crippen LogP contribution in [0, 0.1) is 0 Å². The minimum Gasteiger partial charge on any atom is -0.462 e. The summed E-state index contributed by atoms with van der Waals surface area (Å²) < 4.78 is 5.64. The van der Waals surface area contributed by atoms with Gasteiger partial charge in [-0.2, -0.15) is 0 Å². The van der Waals surface area contributed by atoms with E-state index in [0.29, 0.717) is 6.42 Å². The van der Waals surface area contributed by atoms with Crippen LogP contribution in [-0.2, 0) is 9.53 Å². The second-order valence-electron chi connectivity index (χ2n) is 6.37. The van der Waals surface area contributed by atoms with Gasteiger partial charge in [0.05, 0.1) is 12.7 Å². The van der Waals surface area contributed by atoms with E-state index in [1.165, 1.54) is 0 Å². The Morgan fingerprint density at radius 1 is 1.32 bits per heavy atom. The van der Waals surface area contributed by atoms with Crippen molar-refractivity contribution in [3.8, 4) is 0 Å². The van der Waals surface area contributed by atoms with Crippen LogP contribution >= 0.6 is 0 Å². The first-order valence-corrected chi connectivity index (χ1v) is 7.86. The molecule has 5 nitrogen and oxygen atoms in total. The maximum absolute atomic E-state index is 12.4. The molecule has 0 aromatic heterocycles. The molecule has 2 heterocycles. The number of rotatable bonds is 4. The topological polar surface area (TPSA) is 70.0 Å². The van der Waals surface area contributed by atoms with Gasteiger partial charge < -0.3 is 14.9 Å². The molecule has 0 spiro atoms. The van der Waals surface area contributed by atoms with E-state index >= 15 is 0 Å². The number of piperidine rings is 1. The standard InChI is InChI=1S/C17H23NO4/c1-18-12-7-13(9-15(18)16(20)8-12)22-17(21)14(10-19)11-5-3-2-4-6-11/h2-6,12-16,19-20H,7-10H2,1H3/t12?,13-,14?,15?,16?/m0/s1. The van der Waals surface area contributed by atoms with Gasteiger partial charge in [0.15, 0.2) is 0 Å². The van der Waals surface area contributed by atoms with E-state index in [-0.39, 0.29) is 36.9 Å². The number of benzene rings is 1. The summed E-state index contributed by atoms with van der Waals surface area (Å²) in [5, 5.41) is 19.6. The average molecular weight is 305 g/mol. The summed E-state index contributed by atoms with van der Waals surface area (Å²) in [6.45, 7) is -0.259. The van der Waals surface area contributed by atoms with E-state index in [0.717, 1.165) is 18.4 Å². The molecule has 1 aromatic rings. The van der Waals surface area contributed by atoms with Gasteiger partial charge in [-0.25, -0.2) is 0 Å². The highest BCUT2D eigenvalue weighted by Gasteiger charge is 2.45. The van der Waals surface area contributed by atoms with E-state index < -0.39 is 5.92 Å². The van der Waals surface area contributed by atoms with Crippen LogP contribution in [-0.4, -0.2) is 59.0 Å². The second kappa shape index (κ2) is 6.36. The number of esters is 1. The molecular formula is C17H23NO4. The van der Waals surface area contributed by atoms with Crippen molar-refractivity contribution in [1.29, 1.82) is 0 Å². The quantitative estimate of drug-likeness (QED) is 0.809. The van der Waals surface area contributed by atoms with Crippen molar-refractivity contribution >= 4 is 5.97 Å². The number of aliphatic hydroxyl groups is 2. The lowest BCUT2D eigenvalue weighted by Gasteiger charge is -2.36. The van der Waals surface area contributed by atoms with Crippen LogP contribution in [0.15, 0.2) is 30.3 Å². The second-order valence-corrected chi connectivity index (χ2v) is 6.37. The zero-order chi connectivity index (χ0) is 15.7. The average Bonchev–Trinajstić information content (AvgIpc) is 2.68. The normalized spacial score (nSPS) is 32.7. The molecular weight excluding hydrogens is 282 g/mol. The number of likely N-dealkylation sites (N-methyl/N-ethyl adjacent to an activating group) is 1. The van der Waals surface area contributed by atoms with Gasteiger partial charge >= 0.3 is 5.97 Å². The Morgan fingerprint density at radius 3 is 2.68 bits per heavy atom. The Labute approximate surface area is 130 Å². The Balaban J connectivity index is 1.65. The van der Waals surface area contributed by atoms with Gasteiger partial charge in [0, 0.05) is 24.9 Å². The summed E-state index contributed by atoms with van der Waals surface area (Å²) in [4.78, 5) is 14.6. The molecule has 2 saturated heterocycles. The fourth-order valence-corrected chi connectivity index (χ4v) is 3.74. The zero-order valence-corrected chi connectivity index (χ0v) is 12.8. The minimum absolute atomic E-state index is 0.0702. The monoisotopic (exact) mass is 305 g/mol. The Morgan fingerprint density at radius 2 is 2.05 bits per heavy atom. The third kappa shape index (κ3) is 2.89. The van der Waals surface area contributed by atoms with Gasteiger partial charge in [-0.3, -0.25) is 9.69 Å². The Hall–Kier alpha value is -1.43. The van der Waals surface area contributed by atoms with Gasteiger partial charge in [-0.05, 0) is 19.0 Å². The minimum atomic E-state index is -0.636. The van der Waals surface area contributed by atoms with Gasteiger partial charge in [0.1, 0.15) is 12.0 Å². The van der Waals surface area contributed by atoms with Gasteiger partial charge in [0.25, 0.3) is 0 Å². The van der Waals surface area contributed by atoms with E-state index in [1.54, 1.807) is 0 Å². The molecule has 2 aliphatic heterocycles. The molecule has 0 amide bonds. The molecule has 5 atom stereocenters. The largest absolute Gasteiger partial charge is 0.462 e. The molecule has 0 radical (unpaired) electrons. The highest BCUT2D eigenvalue weighted by molar-refractivity contribution is 5.78. The molecule has 0 saturated carbocycles. The maximum Gasteiger partial charge on any atom is 0.316 e. The van der Waals surface area contributed by atoms with Crippen molar-refractivity contribution in [2.75, 3.05) is 13.7 Å². The van der Waals surface area contributed by atoms with Crippen molar-refractivity contribution in [3.63, 3.8) is 0 Å². The molecule has 2 fully saturated rings. The van der Waals surface area contributed by atoms with E-state index in [4.69, 9.17) is 4.74 Å². The lowest BCUT2D eigenvalue weighted by Crippen LogP contribution is -2.45. The number of hydrogen-bond donors (Lipinski definition) is 2. The molecule has 120 valence electrons. The van der Waals surface area contributed by atoms with Crippen molar-refractivity contribution in [2.24, 2.45) is 0 Å². The Bertz CT molecular complexity index is 521. The molecule has 0 aliphatic carbocycles. The van der Waals surface area contributed by atoms with Crippen LogP contribution in [0.5, 0.6) is 0 Å². The van der Waals surface area contributed by atoms with E-state index in [2.05, 4.69) is 4.90 Å². The SMILES string of the molecule is CN1C2CC(O)C1C[C@@H](OC(=O)C(CO)c1ccccc1)C2. The first kappa shape index (κ1) is 15.5. The molecule has 2 bridgehead atoms. The highest BCUT2D eigenvalue weighted by Crippen LogP contribution is 2.36. The molecule has 3 rings (SSSR count). The smallest absolute Gasteiger partial charge is 0.316 e. The van der Waals surface area contributed by atoms with E-state index in [1.807, 2.05) is 37.4 Å². The van der Waals surface area contributed by atoms with Crippen LogP contribution in [0.1, 0.15) is 30.7 Å². The van der Waals surface area contributed by atoms with Crippen LogP contribution in [0.25, 0.3) is 0 Å². The number of nitrogens with zero attached hydrogens (tertiary/aromatic N) is 1. The number of hydrogen-bond acceptors (Lipinski definition) is 5. The summed E-state index contributed by atoms with van der Waals surface area (Å²) in [5.74, 6) is -1.01. The molecule has 2 aliphatic rings. The summed E-state index contributed by atoms with van der Waals surface area (Å²) in [6.07, 6.45) is 1.66. The lowest BCUT2D eigenvalue weighted by molar-refractivity contribution is -0.155. The number of aliphatic hydroxyl groups excluding tert-OH is 2. The number of ether oxygens (including phenoxy) is 1. The third-order valence-corrected chi connectivity index (χ3v) is 5.05. The first-order valence-electron chi connectivity index (χ1n) is 7.86. The predicted octanol–water partition coefficient (Wildman–Crippen LogP) is 0.902. The zero-order valence-electron chi connectivity index (χ0n) is 12.8. The maximum atomic E-state index is 12.4. The van der Waals surface area contributed by atoms with Crippen molar-refractivity contribution in [3.05, 3.63) is 35.9 Å². The molecule has 4 unspecified atom stereocenters. The van der Waals surface area contributed by atoms with E-state index in [9.17, 15) is 15.0 Å². The van der Waals surface area contributed by atoms with Crippen LogP contribution < -0.4 is 0 Å². The van der Waals surface area contributed by atoms with Gasteiger partial charge in [-0.1, -0.05) is 30.3 Å². The summed E-state index contributed by atoms with van der Waals surface area (Å²) in [7, 11) is 2.02. The molecule has 22 heavy (non-hydrogen) atoms. The summed E-state index contributed by atoms with van der Waals surface area (Å²) in [5.41, 5.74) is 0.769. The molecule has 5 heteroatoms. The van der Waals surface area contributed by atoms with Crippen LogP contribution in [0.3, 0.4) is 0 Å². The third-order valence-electron chi connectivity index (χ3n) is 5.05. The molecule has 1 aromatic carbocycles. The fraction of sp³-hybridized carbons (Fsp3) is 0.588. The fourth-order valence-electron chi connectivity index (χ4n) is 3.74.